The number of imidazole rings is 1. The van der Waals surface area contributed by atoms with Crippen molar-refractivity contribution < 1.29 is 4.79 Å². The number of benzene rings is 1. The average molecular weight is 336 g/mol. The van der Waals surface area contributed by atoms with E-state index in [1.807, 2.05) is 35.0 Å². The number of rotatable bonds is 4. The number of carbonyl (C=O) groups is 1. The number of H-pyrrole nitrogens is 1. The maximum Gasteiger partial charge on any atom is 0.242 e. The predicted molar refractivity (Wildman–Crippen MR) is 95.1 cm³/mol. The lowest BCUT2D eigenvalue weighted by Gasteiger charge is -2.27. The molecule has 1 aliphatic rings. The summed E-state index contributed by atoms with van der Waals surface area (Å²) in [5, 5.41) is 0. The Morgan fingerprint density at radius 1 is 1.28 bits per heavy atom. The molecule has 1 unspecified atom stereocenters. The average Bonchev–Trinajstić information content (AvgIpc) is 3.31. The van der Waals surface area contributed by atoms with Gasteiger partial charge in [-0.15, -0.1) is 0 Å². The third-order valence-corrected chi connectivity index (χ3v) is 4.69. The van der Waals surface area contributed by atoms with E-state index in [1.165, 1.54) is 11.9 Å². The molecular formula is C18H20N6O. The van der Waals surface area contributed by atoms with Crippen LogP contribution >= 0.6 is 0 Å². The van der Waals surface area contributed by atoms with Gasteiger partial charge in [-0.25, -0.2) is 15.0 Å². The van der Waals surface area contributed by atoms with E-state index in [2.05, 4.69) is 32.1 Å². The fraction of sp³-hybridized carbons (Fsp3) is 0.333. The van der Waals surface area contributed by atoms with Crippen molar-refractivity contribution in [1.29, 1.82) is 0 Å². The monoisotopic (exact) mass is 336 g/mol. The molecule has 1 saturated heterocycles. The van der Waals surface area contributed by atoms with Crippen molar-refractivity contribution in [3.63, 3.8) is 0 Å². The van der Waals surface area contributed by atoms with E-state index in [0.717, 1.165) is 24.9 Å². The smallest absolute Gasteiger partial charge is 0.242 e. The lowest BCUT2D eigenvalue weighted by molar-refractivity contribution is -0.130. The molecule has 0 saturated carbocycles. The van der Waals surface area contributed by atoms with Crippen LogP contribution in [-0.2, 0) is 4.79 Å². The molecule has 3 aromatic rings. The highest BCUT2D eigenvalue weighted by molar-refractivity contribution is 5.87. The van der Waals surface area contributed by atoms with Crippen molar-refractivity contribution in [2.45, 2.75) is 18.9 Å². The number of aromatic nitrogens is 4. The molecule has 2 aromatic heterocycles. The van der Waals surface area contributed by atoms with Gasteiger partial charge in [0.15, 0.2) is 11.5 Å². The first kappa shape index (κ1) is 15.6. The molecule has 0 bridgehead atoms. The summed E-state index contributed by atoms with van der Waals surface area (Å²) in [4.78, 5) is 32.3. The highest BCUT2D eigenvalue weighted by Gasteiger charge is 2.30. The van der Waals surface area contributed by atoms with Crippen LogP contribution in [0.3, 0.4) is 0 Å². The van der Waals surface area contributed by atoms with Gasteiger partial charge in [-0.1, -0.05) is 30.3 Å². The van der Waals surface area contributed by atoms with Crippen LogP contribution in [0.15, 0.2) is 43.0 Å². The van der Waals surface area contributed by atoms with Crippen LogP contribution in [-0.4, -0.2) is 50.9 Å². The van der Waals surface area contributed by atoms with Crippen LogP contribution in [0.25, 0.3) is 11.2 Å². The number of nitrogens with zero attached hydrogens (tertiary/aromatic N) is 5. The maximum atomic E-state index is 12.9. The van der Waals surface area contributed by atoms with Gasteiger partial charge in [0.1, 0.15) is 11.8 Å². The van der Waals surface area contributed by atoms with Crippen molar-refractivity contribution in [3.05, 3.63) is 48.5 Å². The number of hydrogen-bond donors (Lipinski definition) is 1. The van der Waals surface area contributed by atoms with Crippen LogP contribution < -0.4 is 4.90 Å². The minimum atomic E-state index is 0.111. The van der Waals surface area contributed by atoms with Gasteiger partial charge in [0, 0.05) is 13.6 Å². The van der Waals surface area contributed by atoms with Gasteiger partial charge in [0.25, 0.3) is 0 Å². The lowest BCUT2D eigenvalue weighted by atomic mass is 10.0. The lowest BCUT2D eigenvalue weighted by Crippen LogP contribution is -2.39. The van der Waals surface area contributed by atoms with Crippen LogP contribution in [0, 0.1) is 0 Å². The summed E-state index contributed by atoms with van der Waals surface area (Å²) in [5.74, 6) is 0.798. The Morgan fingerprint density at radius 2 is 2.12 bits per heavy atom. The Labute approximate surface area is 145 Å². The van der Waals surface area contributed by atoms with E-state index in [0.29, 0.717) is 11.5 Å². The fourth-order valence-electron chi connectivity index (χ4n) is 3.50. The van der Waals surface area contributed by atoms with E-state index in [-0.39, 0.29) is 18.5 Å². The zero-order chi connectivity index (χ0) is 17.2. The summed E-state index contributed by atoms with van der Waals surface area (Å²) in [6, 6.07) is 10.4. The summed E-state index contributed by atoms with van der Waals surface area (Å²) >= 11 is 0. The first-order valence-corrected chi connectivity index (χ1v) is 8.43. The minimum Gasteiger partial charge on any atom is -0.348 e. The molecule has 1 aromatic carbocycles. The quantitative estimate of drug-likeness (QED) is 0.790. The first-order valence-electron chi connectivity index (χ1n) is 8.43. The van der Waals surface area contributed by atoms with Crippen LogP contribution in [0.2, 0.25) is 0 Å². The van der Waals surface area contributed by atoms with Gasteiger partial charge in [0.05, 0.1) is 18.9 Å². The van der Waals surface area contributed by atoms with Crippen molar-refractivity contribution in [2.24, 2.45) is 0 Å². The summed E-state index contributed by atoms with van der Waals surface area (Å²) in [5.41, 5.74) is 2.56. The second kappa shape index (κ2) is 6.51. The standard InChI is InChI=1S/C18H20N6O/c1-23(18-16-17(20-11-19-16)21-12-22-18)10-15(25)24-9-5-8-14(24)13-6-3-2-4-7-13/h2-4,6-7,11-12,14H,5,8-10H2,1H3,(H,19,20,21,22). The van der Waals surface area contributed by atoms with Crippen LogP contribution in [0.1, 0.15) is 24.4 Å². The van der Waals surface area contributed by atoms with E-state index in [1.54, 1.807) is 6.33 Å². The molecule has 128 valence electrons. The summed E-state index contributed by atoms with van der Waals surface area (Å²) in [6.07, 6.45) is 5.11. The molecule has 4 rings (SSSR count). The third kappa shape index (κ3) is 2.93. The number of carbonyl (C=O) groups excluding carboxylic acids is 1. The largest absolute Gasteiger partial charge is 0.348 e. The number of anilines is 1. The van der Waals surface area contributed by atoms with E-state index in [4.69, 9.17) is 0 Å². The van der Waals surface area contributed by atoms with Crippen molar-refractivity contribution in [1.82, 2.24) is 24.8 Å². The maximum absolute atomic E-state index is 12.9. The predicted octanol–water partition coefficient (Wildman–Crippen LogP) is 2.15. The normalized spacial score (nSPS) is 17.2. The SMILES string of the molecule is CN(CC(=O)N1CCCC1c1ccccc1)c1ncnc2nc[nH]c12. The Bertz CT molecular complexity index is 877. The molecule has 0 spiro atoms. The third-order valence-electron chi connectivity index (χ3n) is 4.69. The number of nitrogens with one attached hydrogen (secondary N) is 1. The Morgan fingerprint density at radius 3 is 2.96 bits per heavy atom. The Hall–Kier alpha value is -2.96. The molecule has 1 fully saturated rings. The molecule has 1 amide bonds. The fourth-order valence-corrected chi connectivity index (χ4v) is 3.50. The zero-order valence-electron chi connectivity index (χ0n) is 14.1. The zero-order valence-corrected chi connectivity index (χ0v) is 14.1. The second-order valence-electron chi connectivity index (χ2n) is 6.31. The van der Waals surface area contributed by atoms with Gasteiger partial charge < -0.3 is 14.8 Å². The number of aromatic amines is 1. The number of hydrogen-bond acceptors (Lipinski definition) is 5. The Balaban J connectivity index is 1.52. The summed E-state index contributed by atoms with van der Waals surface area (Å²) < 4.78 is 0. The molecule has 0 aliphatic carbocycles. The van der Waals surface area contributed by atoms with E-state index < -0.39 is 0 Å². The van der Waals surface area contributed by atoms with Crippen molar-refractivity contribution >= 4 is 22.9 Å². The molecule has 7 nitrogen and oxygen atoms in total. The molecule has 25 heavy (non-hydrogen) atoms. The molecule has 1 aliphatic heterocycles. The van der Waals surface area contributed by atoms with Crippen LogP contribution in [0.5, 0.6) is 0 Å². The number of amides is 1. The summed E-state index contributed by atoms with van der Waals surface area (Å²) in [6.45, 7) is 1.07. The molecule has 7 heteroatoms. The first-order chi connectivity index (χ1) is 12.2. The molecule has 1 atom stereocenters. The molecular weight excluding hydrogens is 316 g/mol. The second-order valence-corrected chi connectivity index (χ2v) is 6.31. The minimum absolute atomic E-state index is 0.111. The van der Waals surface area contributed by atoms with Crippen molar-refractivity contribution in [3.8, 4) is 0 Å². The molecule has 3 heterocycles. The van der Waals surface area contributed by atoms with Crippen LogP contribution in [0.4, 0.5) is 5.82 Å². The highest BCUT2D eigenvalue weighted by Crippen LogP contribution is 2.32. The van der Waals surface area contributed by atoms with Gasteiger partial charge in [-0.2, -0.15) is 0 Å². The molecule has 1 N–H and O–H groups in total. The van der Waals surface area contributed by atoms with Gasteiger partial charge in [-0.05, 0) is 18.4 Å². The van der Waals surface area contributed by atoms with Gasteiger partial charge in [-0.3, -0.25) is 4.79 Å². The summed E-state index contributed by atoms with van der Waals surface area (Å²) in [7, 11) is 1.87. The molecule has 0 radical (unpaired) electrons. The number of likely N-dealkylation sites (tertiary alicyclic amines) is 1. The van der Waals surface area contributed by atoms with Gasteiger partial charge >= 0.3 is 0 Å². The van der Waals surface area contributed by atoms with Crippen molar-refractivity contribution in [2.75, 3.05) is 25.0 Å². The number of likely N-dealkylation sites (N-methyl/N-ethyl adjacent to an activating group) is 1. The van der Waals surface area contributed by atoms with E-state index >= 15 is 0 Å². The van der Waals surface area contributed by atoms with Gasteiger partial charge in [0.2, 0.25) is 5.91 Å². The topological polar surface area (TPSA) is 78.0 Å². The number of fused-ring (bicyclic) bond motifs is 1. The highest BCUT2D eigenvalue weighted by atomic mass is 16.2. The Kier molecular flexibility index (Phi) is 4.05. The van der Waals surface area contributed by atoms with E-state index in [9.17, 15) is 4.79 Å².